The van der Waals surface area contributed by atoms with Crippen molar-refractivity contribution in [3.8, 4) is 6.07 Å². The van der Waals surface area contributed by atoms with E-state index in [9.17, 15) is 15.2 Å². The molecule has 166 valence electrons. The minimum Gasteiger partial charge on any atom is -0.481 e. The van der Waals surface area contributed by atoms with Gasteiger partial charge in [-0.2, -0.15) is 5.26 Å². The van der Waals surface area contributed by atoms with Crippen LogP contribution in [-0.4, -0.2) is 24.3 Å². The van der Waals surface area contributed by atoms with Crippen molar-refractivity contribution < 1.29 is 14.6 Å². The highest BCUT2D eigenvalue weighted by Gasteiger charge is 2.84. The molecule has 0 saturated heterocycles. The first-order valence-corrected chi connectivity index (χ1v) is 12.3. The summed E-state index contributed by atoms with van der Waals surface area (Å²) in [7, 11) is 0. The minimum atomic E-state index is -1.08. The van der Waals surface area contributed by atoms with Gasteiger partial charge in [0.25, 0.3) is 0 Å². The van der Waals surface area contributed by atoms with Gasteiger partial charge >= 0.3 is 5.97 Å². The largest absolute Gasteiger partial charge is 0.481 e. The van der Waals surface area contributed by atoms with E-state index in [0.29, 0.717) is 31.5 Å². The standard InChI is InChI=1S/C26H39NO3/c1-5-6-7-8-11-30-16-25-14-20-18(4)9-10-21(20)24(15-27)13-19(25)12-22(17(2)3)26(24,25)23(28)29/h12,17-21H,5-11,13-14,16H2,1-4H3,(H,28,29)/t18?,19?,20?,21?,24-,25+,26-/m0/s1. The lowest BCUT2D eigenvalue weighted by atomic mass is 9.43. The Morgan fingerprint density at radius 3 is 2.70 bits per heavy atom. The van der Waals surface area contributed by atoms with E-state index in [1.165, 1.54) is 12.8 Å². The lowest BCUT2D eigenvalue weighted by Crippen LogP contribution is -2.62. The van der Waals surface area contributed by atoms with Crippen LogP contribution in [0.25, 0.3) is 0 Å². The Labute approximate surface area is 182 Å². The summed E-state index contributed by atoms with van der Waals surface area (Å²) < 4.78 is 6.29. The summed E-state index contributed by atoms with van der Waals surface area (Å²) in [6.45, 7) is 9.91. The molecular formula is C26H39NO3. The normalized spacial score (nSPS) is 43.5. The zero-order valence-electron chi connectivity index (χ0n) is 19.2. The highest BCUT2D eigenvalue weighted by molar-refractivity contribution is 5.85. The quantitative estimate of drug-likeness (QED) is 0.381. The van der Waals surface area contributed by atoms with Gasteiger partial charge in [0.05, 0.1) is 18.1 Å². The first-order valence-electron chi connectivity index (χ1n) is 12.3. The predicted molar refractivity (Wildman–Crippen MR) is 117 cm³/mol. The van der Waals surface area contributed by atoms with E-state index in [1.54, 1.807) is 0 Å². The fourth-order valence-electron chi connectivity index (χ4n) is 8.42. The zero-order chi connectivity index (χ0) is 21.7. The molecule has 4 unspecified atom stereocenters. The fraction of sp³-hybridized carbons (Fsp3) is 0.846. The maximum absolute atomic E-state index is 13.3. The van der Waals surface area contributed by atoms with Crippen molar-refractivity contribution in [3.05, 3.63) is 11.6 Å². The van der Waals surface area contributed by atoms with Crippen molar-refractivity contribution in [2.75, 3.05) is 13.2 Å². The van der Waals surface area contributed by atoms with E-state index in [-0.39, 0.29) is 17.8 Å². The van der Waals surface area contributed by atoms with Crippen molar-refractivity contribution in [2.45, 2.75) is 79.1 Å². The third kappa shape index (κ3) is 2.51. The molecule has 0 heterocycles. The number of fused-ring (bicyclic) bond motifs is 2. The molecule has 7 atom stereocenters. The second-order valence-electron chi connectivity index (χ2n) is 11.0. The lowest BCUT2D eigenvalue weighted by Gasteiger charge is -2.57. The van der Waals surface area contributed by atoms with E-state index in [2.05, 4.69) is 39.8 Å². The minimum absolute atomic E-state index is 0.137. The molecule has 0 aromatic heterocycles. The molecule has 4 heteroatoms. The van der Waals surface area contributed by atoms with Crippen LogP contribution >= 0.6 is 0 Å². The monoisotopic (exact) mass is 413 g/mol. The van der Waals surface area contributed by atoms with Crippen LogP contribution in [0.2, 0.25) is 0 Å². The predicted octanol–water partition coefficient (Wildman–Crippen LogP) is 5.83. The zero-order valence-corrected chi connectivity index (χ0v) is 19.2. The van der Waals surface area contributed by atoms with Crippen LogP contribution in [-0.2, 0) is 9.53 Å². The molecule has 30 heavy (non-hydrogen) atoms. The van der Waals surface area contributed by atoms with Crippen LogP contribution in [0.4, 0.5) is 0 Å². The van der Waals surface area contributed by atoms with E-state index in [1.807, 2.05) is 0 Å². The van der Waals surface area contributed by atoms with Crippen LogP contribution in [0, 0.1) is 57.2 Å². The number of ether oxygens (including phenoxy) is 1. The molecule has 4 aliphatic carbocycles. The number of hydrogen-bond donors (Lipinski definition) is 1. The first kappa shape index (κ1) is 21.9. The molecule has 4 aliphatic rings. The number of carboxylic acids is 1. The van der Waals surface area contributed by atoms with Gasteiger partial charge in [-0.15, -0.1) is 0 Å². The average molecular weight is 414 g/mol. The number of carbonyl (C=O) groups is 1. The summed E-state index contributed by atoms with van der Waals surface area (Å²) >= 11 is 0. The van der Waals surface area contributed by atoms with Crippen LogP contribution in [0.5, 0.6) is 0 Å². The van der Waals surface area contributed by atoms with Crippen molar-refractivity contribution >= 4 is 5.97 Å². The Hall–Kier alpha value is -1.34. The number of rotatable bonds is 9. The number of unbranched alkanes of at least 4 members (excludes halogenated alkanes) is 3. The van der Waals surface area contributed by atoms with E-state index < -0.39 is 22.2 Å². The van der Waals surface area contributed by atoms with Gasteiger partial charge in [-0.1, -0.05) is 65.0 Å². The van der Waals surface area contributed by atoms with E-state index in [0.717, 1.165) is 37.7 Å². The Kier molecular flexibility index (Phi) is 5.59. The molecule has 1 N–H and O–H groups in total. The Morgan fingerprint density at radius 2 is 2.07 bits per heavy atom. The average Bonchev–Trinajstić information content (AvgIpc) is 3.27. The molecule has 3 saturated carbocycles. The highest BCUT2D eigenvalue weighted by Crippen LogP contribution is 2.83. The summed E-state index contributed by atoms with van der Waals surface area (Å²) in [6, 6.07) is 2.71. The number of hydrogen-bond acceptors (Lipinski definition) is 3. The van der Waals surface area contributed by atoms with Gasteiger partial charge in [0.15, 0.2) is 0 Å². The Morgan fingerprint density at radius 1 is 1.30 bits per heavy atom. The van der Waals surface area contributed by atoms with Crippen LogP contribution in [0.3, 0.4) is 0 Å². The van der Waals surface area contributed by atoms with Gasteiger partial charge in [0, 0.05) is 12.0 Å². The molecule has 4 bridgehead atoms. The summed E-state index contributed by atoms with van der Waals surface area (Å²) in [4.78, 5) is 13.3. The first-order chi connectivity index (χ1) is 14.3. The summed E-state index contributed by atoms with van der Waals surface area (Å²) in [6.07, 6.45) is 10.6. The number of nitrogens with zero attached hydrogens (tertiary/aromatic N) is 1. The molecule has 0 amide bonds. The SMILES string of the molecule is CCCCCCOC[C@]12CC3C(C)CCC3[C@@]3(C#N)CC1C=C(C(C)C)[C@@]23C(=O)O. The number of aliphatic carboxylic acids is 1. The fourth-order valence-corrected chi connectivity index (χ4v) is 8.42. The van der Waals surface area contributed by atoms with Crippen LogP contribution in [0.15, 0.2) is 11.6 Å². The lowest BCUT2D eigenvalue weighted by molar-refractivity contribution is -0.179. The summed E-state index contributed by atoms with van der Waals surface area (Å²) in [5.41, 5.74) is -1.31. The molecule has 0 aromatic carbocycles. The maximum Gasteiger partial charge on any atom is 0.316 e. The second kappa shape index (κ2) is 7.66. The Bertz CT molecular complexity index is 767. The Balaban J connectivity index is 1.76. The molecule has 0 aliphatic heterocycles. The topological polar surface area (TPSA) is 70.3 Å². The van der Waals surface area contributed by atoms with Gasteiger partial charge in [0.2, 0.25) is 0 Å². The van der Waals surface area contributed by atoms with Crippen LogP contribution in [0.1, 0.15) is 79.1 Å². The van der Waals surface area contributed by atoms with E-state index >= 15 is 0 Å². The van der Waals surface area contributed by atoms with Crippen molar-refractivity contribution in [1.29, 1.82) is 5.26 Å². The van der Waals surface area contributed by atoms with Gasteiger partial charge in [-0.25, -0.2) is 0 Å². The maximum atomic E-state index is 13.3. The second-order valence-corrected chi connectivity index (χ2v) is 11.0. The smallest absolute Gasteiger partial charge is 0.316 e. The van der Waals surface area contributed by atoms with Crippen molar-refractivity contribution in [1.82, 2.24) is 0 Å². The molecule has 4 nitrogen and oxygen atoms in total. The van der Waals surface area contributed by atoms with Crippen LogP contribution < -0.4 is 0 Å². The molecule has 4 rings (SSSR count). The van der Waals surface area contributed by atoms with Gasteiger partial charge < -0.3 is 9.84 Å². The van der Waals surface area contributed by atoms with Gasteiger partial charge in [-0.05, 0) is 55.3 Å². The van der Waals surface area contributed by atoms with Crippen molar-refractivity contribution in [3.63, 3.8) is 0 Å². The number of carboxylic acid groups (broad SMARTS) is 1. The van der Waals surface area contributed by atoms with Crippen molar-refractivity contribution in [2.24, 2.45) is 45.8 Å². The van der Waals surface area contributed by atoms with E-state index in [4.69, 9.17) is 4.74 Å². The van der Waals surface area contributed by atoms with Gasteiger partial charge in [-0.3, -0.25) is 4.79 Å². The molecule has 0 aromatic rings. The molecule has 0 spiro atoms. The van der Waals surface area contributed by atoms with Gasteiger partial charge in [0.1, 0.15) is 5.41 Å². The number of nitriles is 1. The third-order valence-corrected chi connectivity index (χ3v) is 9.54. The summed E-state index contributed by atoms with van der Waals surface area (Å²) in [5, 5.41) is 21.5. The highest BCUT2D eigenvalue weighted by atomic mass is 16.5. The number of allylic oxidation sites excluding steroid dienone is 1. The molecule has 3 fully saturated rings. The summed E-state index contributed by atoms with van der Waals surface area (Å²) in [5.74, 6) is 0.747. The third-order valence-electron chi connectivity index (χ3n) is 9.54. The molecule has 0 radical (unpaired) electrons. The molecular weight excluding hydrogens is 374 g/mol.